The molecular weight excluding hydrogens is 276 g/mol. The Morgan fingerprint density at radius 3 is 2.95 bits per heavy atom. The molecule has 2 rings (SSSR count). The Hall–Kier alpha value is -1.89. The number of fused-ring (bicyclic) bond motifs is 1. The highest BCUT2D eigenvalue weighted by molar-refractivity contribution is 7.18. The third kappa shape index (κ3) is 2.82. The summed E-state index contributed by atoms with van der Waals surface area (Å²) in [5, 5.41) is 5.13. The van der Waals surface area contributed by atoms with E-state index in [1.54, 1.807) is 0 Å². The number of nitrogen functional groups attached to an aromatic ring is 1. The van der Waals surface area contributed by atoms with Gasteiger partial charge in [-0.15, -0.1) is 11.3 Å². The smallest absolute Gasteiger partial charge is 0.328 e. The molecule has 0 fully saturated rings. The van der Waals surface area contributed by atoms with E-state index >= 15 is 0 Å². The number of carbonyl (C=O) groups excluding carboxylic acids is 1. The van der Waals surface area contributed by atoms with Crippen LogP contribution in [0.15, 0.2) is 5.38 Å². The maximum absolute atomic E-state index is 11.8. The SMILES string of the molecule is CCC[C@H](Nc1nc(N)nc2c(C)csc12)C(=O)OC. The van der Waals surface area contributed by atoms with E-state index in [0.717, 1.165) is 22.2 Å². The van der Waals surface area contributed by atoms with Crippen molar-refractivity contribution < 1.29 is 9.53 Å². The molecule has 3 N–H and O–H groups in total. The number of nitrogens with one attached hydrogen (secondary N) is 1. The number of carbonyl (C=O) groups is 1. The minimum atomic E-state index is -0.426. The number of ether oxygens (including phenoxy) is 1. The summed E-state index contributed by atoms with van der Waals surface area (Å²) in [6, 6.07) is -0.426. The van der Waals surface area contributed by atoms with E-state index in [9.17, 15) is 4.79 Å². The molecule has 20 heavy (non-hydrogen) atoms. The molecule has 0 radical (unpaired) electrons. The number of nitrogens with two attached hydrogens (primary N) is 1. The third-order valence-corrected chi connectivity index (χ3v) is 4.08. The van der Waals surface area contributed by atoms with Gasteiger partial charge in [-0.05, 0) is 24.3 Å². The topological polar surface area (TPSA) is 90.1 Å². The molecule has 2 aromatic heterocycles. The normalized spacial score (nSPS) is 12.3. The standard InChI is InChI=1S/C13H18N4O2S/c1-4-5-8(12(18)19-3)15-11-10-9(7(2)6-20-10)16-13(14)17-11/h6,8H,4-5H2,1-3H3,(H3,14,15,16,17)/t8-/m0/s1. The molecule has 1 atom stereocenters. The van der Waals surface area contributed by atoms with E-state index < -0.39 is 6.04 Å². The average Bonchev–Trinajstić information content (AvgIpc) is 2.79. The fraction of sp³-hybridized carbons (Fsp3) is 0.462. The highest BCUT2D eigenvalue weighted by Gasteiger charge is 2.20. The van der Waals surface area contributed by atoms with Crippen LogP contribution < -0.4 is 11.1 Å². The van der Waals surface area contributed by atoms with Gasteiger partial charge in [0.2, 0.25) is 5.95 Å². The summed E-state index contributed by atoms with van der Waals surface area (Å²) in [6.45, 7) is 3.98. The first-order valence-corrected chi connectivity index (χ1v) is 7.30. The van der Waals surface area contributed by atoms with Gasteiger partial charge in [0.25, 0.3) is 0 Å². The molecule has 6 nitrogen and oxygen atoms in total. The molecule has 0 aliphatic rings. The lowest BCUT2D eigenvalue weighted by Gasteiger charge is -2.16. The summed E-state index contributed by atoms with van der Waals surface area (Å²) in [6.07, 6.45) is 1.53. The Balaban J connectivity index is 2.38. The Morgan fingerprint density at radius 2 is 2.30 bits per heavy atom. The first kappa shape index (κ1) is 14.5. The Morgan fingerprint density at radius 1 is 1.55 bits per heavy atom. The molecule has 0 spiro atoms. The fourth-order valence-electron chi connectivity index (χ4n) is 1.99. The molecular formula is C13H18N4O2S. The van der Waals surface area contributed by atoms with Gasteiger partial charge < -0.3 is 15.8 Å². The zero-order valence-corrected chi connectivity index (χ0v) is 12.6. The molecule has 0 aliphatic carbocycles. The van der Waals surface area contributed by atoms with Crippen molar-refractivity contribution in [2.24, 2.45) is 0 Å². The number of hydrogen-bond donors (Lipinski definition) is 2. The lowest BCUT2D eigenvalue weighted by molar-refractivity contribution is -0.141. The maximum atomic E-state index is 11.8. The number of aryl methyl sites for hydroxylation is 1. The van der Waals surface area contributed by atoms with Crippen LogP contribution in [0.5, 0.6) is 0 Å². The zero-order chi connectivity index (χ0) is 14.7. The van der Waals surface area contributed by atoms with E-state index in [1.165, 1.54) is 18.4 Å². The minimum Gasteiger partial charge on any atom is -0.467 e. The molecule has 2 heterocycles. The van der Waals surface area contributed by atoms with Gasteiger partial charge in [0.15, 0.2) is 0 Å². The highest BCUT2D eigenvalue weighted by atomic mass is 32.1. The van der Waals surface area contributed by atoms with Crippen LogP contribution in [0.3, 0.4) is 0 Å². The third-order valence-electron chi connectivity index (χ3n) is 2.98. The van der Waals surface area contributed by atoms with Gasteiger partial charge in [-0.2, -0.15) is 4.98 Å². The molecule has 0 unspecified atom stereocenters. The minimum absolute atomic E-state index is 0.196. The van der Waals surface area contributed by atoms with Crippen LogP contribution in [0.4, 0.5) is 11.8 Å². The van der Waals surface area contributed by atoms with Crippen molar-refractivity contribution in [2.45, 2.75) is 32.7 Å². The molecule has 2 aromatic rings. The number of methoxy groups -OCH3 is 1. The number of rotatable bonds is 5. The molecule has 7 heteroatoms. The number of aromatic nitrogens is 2. The Labute approximate surface area is 121 Å². The summed E-state index contributed by atoms with van der Waals surface area (Å²) in [5.41, 5.74) is 7.61. The van der Waals surface area contributed by atoms with Gasteiger partial charge in [0, 0.05) is 0 Å². The second kappa shape index (κ2) is 6.04. The lowest BCUT2D eigenvalue weighted by atomic mass is 10.1. The summed E-state index contributed by atoms with van der Waals surface area (Å²) < 4.78 is 5.72. The summed E-state index contributed by atoms with van der Waals surface area (Å²) in [5.74, 6) is 0.488. The van der Waals surface area contributed by atoms with Crippen LogP contribution in [0.25, 0.3) is 10.2 Å². The Kier molecular flexibility index (Phi) is 4.39. The first-order chi connectivity index (χ1) is 9.56. The van der Waals surface area contributed by atoms with Gasteiger partial charge in [-0.25, -0.2) is 9.78 Å². The molecule has 0 bridgehead atoms. The molecule has 0 saturated carbocycles. The van der Waals surface area contributed by atoms with Gasteiger partial charge in [0.1, 0.15) is 11.9 Å². The van der Waals surface area contributed by atoms with Crippen LogP contribution in [0.1, 0.15) is 25.3 Å². The lowest BCUT2D eigenvalue weighted by Crippen LogP contribution is -2.31. The molecule has 0 amide bonds. The summed E-state index contributed by atoms with van der Waals surface area (Å²) >= 11 is 1.53. The molecule has 0 aromatic carbocycles. The first-order valence-electron chi connectivity index (χ1n) is 6.42. The van der Waals surface area contributed by atoms with Crippen molar-refractivity contribution >= 4 is 39.3 Å². The molecule has 0 saturated heterocycles. The van der Waals surface area contributed by atoms with Crippen molar-refractivity contribution in [3.05, 3.63) is 10.9 Å². The predicted molar refractivity (Wildman–Crippen MR) is 80.9 cm³/mol. The fourth-order valence-corrected chi connectivity index (χ4v) is 2.93. The van der Waals surface area contributed by atoms with E-state index in [2.05, 4.69) is 15.3 Å². The number of nitrogens with zero attached hydrogens (tertiary/aromatic N) is 2. The van der Waals surface area contributed by atoms with Crippen molar-refractivity contribution in [2.75, 3.05) is 18.2 Å². The van der Waals surface area contributed by atoms with Crippen LogP contribution in [-0.4, -0.2) is 29.1 Å². The molecule has 0 aliphatic heterocycles. The zero-order valence-electron chi connectivity index (χ0n) is 11.8. The van der Waals surface area contributed by atoms with Crippen molar-refractivity contribution in [1.29, 1.82) is 0 Å². The molecule has 108 valence electrons. The van der Waals surface area contributed by atoms with E-state index in [1.807, 2.05) is 19.2 Å². The number of thiophene rings is 1. The monoisotopic (exact) mass is 294 g/mol. The van der Waals surface area contributed by atoms with Gasteiger partial charge in [-0.3, -0.25) is 0 Å². The van der Waals surface area contributed by atoms with Crippen LogP contribution in [-0.2, 0) is 9.53 Å². The summed E-state index contributed by atoms with van der Waals surface area (Å²) in [7, 11) is 1.38. The quantitative estimate of drug-likeness (QED) is 0.823. The van der Waals surface area contributed by atoms with E-state index in [0.29, 0.717) is 12.2 Å². The second-order valence-electron chi connectivity index (χ2n) is 4.54. The predicted octanol–water partition coefficient (Wildman–Crippen LogP) is 2.34. The number of esters is 1. The van der Waals surface area contributed by atoms with Crippen LogP contribution in [0.2, 0.25) is 0 Å². The van der Waals surface area contributed by atoms with Gasteiger partial charge >= 0.3 is 5.97 Å². The number of anilines is 2. The Bertz CT molecular complexity index is 626. The van der Waals surface area contributed by atoms with Crippen LogP contribution >= 0.6 is 11.3 Å². The number of hydrogen-bond acceptors (Lipinski definition) is 7. The maximum Gasteiger partial charge on any atom is 0.328 e. The van der Waals surface area contributed by atoms with E-state index in [-0.39, 0.29) is 11.9 Å². The largest absolute Gasteiger partial charge is 0.467 e. The summed E-state index contributed by atoms with van der Waals surface area (Å²) in [4.78, 5) is 20.2. The highest BCUT2D eigenvalue weighted by Crippen LogP contribution is 2.30. The van der Waals surface area contributed by atoms with Crippen molar-refractivity contribution in [3.8, 4) is 0 Å². The average molecular weight is 294 g/mol. The van der Waals surface area contributed by atoms with Gasteiger partial charge in [0.05, 0.1) is 17.3 Å². The van der Waals surface area contributed by atoms with Gasteiger partial charge in [-0.1, -0.05) is 13.3 Å². The second-order valence-corrected chi connectivity index (χ2v) is 5.42. The van der Waals surface area contributed by atoms with Crippen LogP contribution in [0, 0.1) is 6.92 Å². The van der Waals surface area contributed by atoms with Crippen molar-refractivity contribution in [1.82, 2.24) is 9.97 Å². The van der Waals surface area contributed by atoms with E-state index in [4.69, 9.17) is 10.5 Å². The van der Waals surface area contributed by atoms with Crippen molar-refractivity contribution in [3.63, 3.8) is 0 Å².